The van der Waals surface area contributed by atoms with Gasteiger partial charge in [0.05, 0.1) is 25.4 Å². The zero-order valence-corrected chi connectivity index (χ0v) is 59.5. The molecule has 0 aromatic carbocycles. The van der Waals surface area contributed by atoms with E-state index in [-0.39, 0.29) is 18.5 Å². The summed E-state index contributed by atoms with van der Waals surface area (Å²) in [7, 11) is 0. The van der Waals surface area contributed by atoms with Gasteiger partial charge in [-0.15, -0.1) is 0 Å². The number of carbonyl (C=O) groups excluding carboxylic acids is 2. The van der Waals surface area contributed by atoms with Crippen molar-refractivity contribution in [3.63, 3.8) is 0 Å². The van der Waals surface area contributed by atoms with E-state index >= 15 is 0 Å². The maximum atomic E-state index is 12.6. The Morgan fingerprint density at radius 1 is 0.310 bits per heavy atom. The molecular weight excluding hydrogens is 1070 g/mol. The van der Waals surface area contributed by atoms with E-state index < -0.39 is 12.1 Å². The quantitative estimate of drug-likeness (QED) is 0.0320. The highest BCUT2D eigenvalue weighted by Crippen LogP contribution is 2.21. The summed E-state index contributed by atoms with van der Waals surface area (Å²) in [6.45, 7) is 4.99. The third-order valence-corrected chi connectivity index (χ3v) is 19.3. The number of ether oxygens (including phenoxy) is 1. The third-order valence-electron chi connectivity index (χ3n) is 19.3. The number of hydrogen-bond acceptors (Lipinski definition) is 5. The van der Waals surface area contributed by atoms with Gasteiger partial charge in [-0.25, -0.2) is 0 Å². The topological polar surface area (TPSA) is 95.9 Å². The van der Waals surface area contributed by atoms with Gasteiger partial charge in [-0.05, 0) is 51.4 Å². The Morgan fingerprint density at radius 3 is 0.828 bits per heavy atom. The molecule has 2 unspecified atom stereocenters. The van der Waals surface area contributed by atoms with E-state index in [0.29, 0.717) is 25.9 Å². The van der Waals surface area contributed by atoms with Crippen molar-refractivity contribution in [2.45, 2.75) is 482 Å². The van der Waals surface area contributed by atoms with Gasteiger partial charge in [0.2, 0.25) is 5.91 Å². The van der Waals surface area contributed by atoms with Crippen molar-refractivity contribution in [3.05, 3.63) is 12.2 Å². The van der Waals surface area contributed by atoms with Crippen LogP contribution in [-0.2, 0) is 14.3 Å². The van der Waals surface area contributed by atoms with Crippen molar-refractivity contribution in [1.82, 2.24) is 5.32 Å². The number of carbonyl (C=O) groups is 2. The van der Waals surface area contributed by atoms with Crippen LogP contribution in [0.3, 0.4) is 0 Å². The largest absolute Gasteiger partial charge is 0.466 e. The first-order valence-corrected chi connectivity index (χ1v) is 40.4. The van der Waals surface area contributed by atoms with Crippen LogP contribution in [-0.4, -0.2) is 47.4 Å². The summed E-state index contributed by atoms with van der Waals surface area (Å²) in [6.07, 6.45) is 97.5. The summed E-state index contributed by atoms with van der Waals surface area (Å²) in [5.74, 6) is -0.00850. The van der Waals surface area contributed by atoms with Crippen LogP contribution in [0.15, 0.2) is 12.2 Å². The third kappa shape index (κ3) is 73.5. The molecular formula is C81H159NO5. The molecule has 3 N–H and O–H groups in total. The van der Waals surface area contributed by atoms with Crippen molar-refractivity contribution >= 4 is 11.9 Å². The van der Waals surface area contributed by atoms with E-state index in [2.05, 4.69) is 31.3 Å². The fourth-order valence-corrected chi connectivity index (χ4v) is 13.2. The molecule has 0 fully saturated rings. The first-order valence-electron chi connectivity index (χ1n) is 40.4. The molecule has 0 heterocycles. The highest BCUT2D eigenvalue weighted by atomic mass is 16.5. The SMILES string of the molecule is CCCCCC/C=C\CCCCCCCC(=O)OCCCCCCCCCCCCCCCCCCCCCCCCCCCCCCCCCCCCCCCC(=O)NC(CO)C(O)CCCCCCCCCCCCCCCCCCCCCC. The number of aliphatic hydroxyl groups excluding tert-OH is 2. The second-order valence-electron chi connectivity index (χ2n) is 28.1. The van der Waals surface area contributed by atoms with Gasteiger partial charge in [-0.3, -0.25) is 9.59 Å². The maximum absolute atomic E-state index is 12.6. The first kappa shape index (κ1) is 85.6. The van der Waals surface area contributed by atoms with E-state index in [1.165, 1.54) is 392 Å². The molecule has 0 rings (SSSR count). The minimum atomic E-state index is -0.660. The number of amides is 1. The van der Waals surface area contributed by atoms with Gasteiger partial charge in [0.25, 0.3) is 0 Å². The molecule has 518 valence electrons. The minimum absolute atomic E-state index is 0.0151. The van der Waals surface area contributed by atoms with Gasteiger partial charge < -0.3 is 20.3 Å². The van der Waals surface area contributed by atoms with E-state index in [9.17, 15) is 19.8 Å². The number of hydrogen-bond donors (Lipinski definition) is 3. The van der Waals surface area contributed by atoms with Crippen LogP contribution in [0.1, 0.15) is 470 Å². The van der Waals surface area contributed by atoms with Crippen LogP contribution in [0, 0.1) is 0 Å². The van der Waals surface area contributed by atoms with Gasteiger partial charge >= 0.3 is 5.97 Å². The van der Waals surface area contributed by atoms with Gasteiger partial charge in [0.15, 0.2) is 0 Å². The molecule has 0 aromatic rings. The molecule has 0 spiro atoms. The first-order chi connectivity index (χ1) is 43.0. The zero-order chi connectivity index (χ0) is 62.8. The van der Waals surface area contributed by atoms with Crippen molar-refractivity contribution in [1.29, 1.82) is 0 Å². The molecule has 6 heteroatoms. The average Bonchev–Trinajstić information content (AvgIpc) is 3.54. The number of rotatable bonds is 77. The summed E-state index contributed by atoms with van der Waals surface area (Å²) < 4.78 is 5.49. The van der Waals surface area contributed by atoms with E-state index in [1.54, 1.807) is 0 Å². The maximum Gasteiger partial charge on any atom is 0.305 e. The highest BCUT2D eigenvalue weighted by Gasteiger charge is 2.20. The molecule has 2 atom stereocenters. The molecule has 0 aliphatic rings. The molecule has 0 aliphatic carbocycles. The van der Waals surface area contributed by atoms with Crippen LogP contribution < -0.4 is 5.32 Å². The molecule has 0 aromatic heterocycles. The molecule has 87 heavy (non-hydrogen) atoms. The van der Waals surface area contributed by atoms with Gasteiger partial charge in [0.1, 0.15) is 0 Å². The lowest BCUT2D eigenvalue weighted by Gasteiger charge is -2.22. The molecule has 0 bridgehead atoms. The monoisotopic (exact) mass is 1230 g/mol. The predicted molar refractivity (Wildman–Crippen MR) is 384 cm³/mol. The van der Waals surface area contributed by atoms with Crippen LogP contribution in [0.4, 0.5) is 0 Å². The second-order valence-corrected chi connectivity index (χ2v) is 28.1. The van der Waals surface area contributed by atoms with Crippen molar-refractivity contribution < 1.29 is 24.5 Å². The predicted octanol–water partition coefficient (Wildman–Crippen LogP) is 26.7. The number of aliphatic hydroxyl groups is 2. The molecule has 0 radical (unpaired) electrons. The number of nitrogens with one attached hydrogen (secondary N) is 1. The standard InChI is InChI=1S/C81H159NO5/c1-3-5-7-9-11-13-15-17-18-19-20-40-43-46-50-53-57-61-65-69-73-79(84)78(77-83)82-80(85)74-70-66-62-58-54-51-47-44-41-38-36-34-32-30-28-26-24-22-21-23-25-27-29-31-33-35-37-39-42-45-48-52-56-60-64-68-72-76-87-81(86)75-71-67-63-59-55-49-16-14-12-10-8-6-4-2/h14,16,78-79,83-84H,3-13,15,17-77H2,1-2H3,(H,82,85)/b16-14-. The van der Waals surface area contributed by atoms with Crippen LogP contribution in [0.5, 0.6) is 0 Å². The Bertz CT molecular complexity index is 1320. The van der Waals surface area contributed by atoms with Gasteiger partial charge in [-0.1, -0.05) is 418 Å². The van der Waals surface area contributed by atoms with E-state index in [0.717, 1.165) is 44.9 Å². The minimum Gasteiger partial charge on any atom is -0.466 e. The van der Waals surface area contributed by atoms with Crippen LogP contribution in [0.25, 0.3) is 0 Å². The second kappa shape index (κ2) is 77.1. The van der Waals surface area contributed by atoms with Crippen LogP contribution in [0.2, 0.25) is 0 Å². The van der Waals surface area contributed by atoms with Crippen molar-refractivity contribution in [3.8, 4) is 0 Å². The van der Waals surface area contributed by atoms with Crippen molar-refractivity contribution in [2.24, 2.45) is 0 Å². The summed E-state index contributed by atoms with van der Waals surface area (Å²) >= 11 is 0. The summed E-state index contributed by atoms with van der Waals surface area (Å²) in [4.78, 5) is 24.6. The fraction of sp³-hybridized carbons (Fsp3) is 0.951. The molecule has 6 nitrogen and oxygen atoms in total. The average molecular weight is 1230 g/mol. The Kier molecular flexibility index (Phi) is 75.8. The lowest BCUT2D eigenvalue weighted by Crippen LogP contribution is -2.45. The summed E-state index contributed by atoms with van der Waals surface area (Å²) in [6, 6.07) is -0.537. The Hall–Kier alpha value is -1.40. The smallest absolute Gasteiger partial charge is 0.305 e. The summed E-state index contributed by atoms with van der Waals surface area (Å²) in [5, 5.41) is 23.5. The van der Waals surface area contributed by atoms with E-state index in [1.807, 2.05) is 0 Å². The zero-order valence-electron chi connectivity index (χ0n) is 59.5. The van der Waals surface area contributed by atoms with Gasteiger partial charge in [-0.2, -0.15) is 0 Å². The molecule has 1 amide bonds. The summed E-state index contributed by atoms with van der Waals surface area (Å²) in [5.41, 5.74) is 0. The number of esters is 1. The normalized spacial score (nSPS) is 12.5. The molecule has 0 aliphatic heterocycles. The molecule has 0 saturated carbocycles. The van der Waals surface area contributed by atoms with Crippen LogP contribution >= 0.6 is 0 Å². The molecule has 0 saturated heterocycles. The lowest BCUT2D eigenvalue weighted by molar-refractivity contribution is -0.143. The Morgan fingerprint density at radius 2 is 0.540 bits per heavy atom. The fourth-order valence-electron chi connectivity index (χ4n) is 13.2. The Labute approximate surface area is 546 Å². The van der Waals surface area contributed by atoms with Gasteiger partial charge in [0, 0.05) is 12.8 Å². The van der Waals surface area contributed by atoms with E-state index in [4.69, 9.17) is 4.74 Å². The van der Waals surface area contributed by atoms with Crippen molar-refractivity contribution in [2.75, 3.05) is 13.2 Å². The Balaban J connectivity index is 3.30. The highest BCUT2D eigenvalue weighted by molar-refractivity contribution is 5.76. The number of unbranched alkanes of at least 4 members (excludes halogenated alkanes) is 64. The number of allylic oxidation sites excluding steroid dienone is 2. The lowest BCUT2D eigenvalue weighted by atomic mass is 10.0.